The highest BCUT2D eigenvalue weighted by molar-refractivity contribution is 9.10. The maximum Gasteiger partial charge on any atom is 0.337 e. The van der Waals surface area contributed by atoms with Crippen LogP contribution in [-0.4, -0.2) is 11.1 Å². The first-order chi connectivity index (χ1) is 6.60. The topological polar surface area (TPSA) is 61.1 Å². The predicted octanol–water partition coefficient (Wildman–Crippen LogP) is 2.58. The molecule has 0 aliphatic rings. The van der Waals surface area contributed by atoms with Gasteiger partial charge in [0.25, 0.3) is 0 Å². The first-order valence-corrected chi connectivity index (χ1v) is 4.85. The average molecular weight is 254 g/mol. The number of nitriles is 1. The Morgan fingerprint density at radius 3 is 2.71 bits per heavy atom. The number of rotatable bonds is 2. The minimum absolute atomic E-state index is 0.0385. The zero-order valence-electron chi connectivity index (χ0n) is 7.54. The van der Waals surface area contributed by atoms with Crippen LogP contribution in [0.4, 0.5) is 0 Å². The number of carboxylic acids is 1. The van der Waals surface area contributed by atoms with Crippen LogP contribution in [0.1, 0.15) is 28.4 Å². The molecule has 0 saturated carbocycles. The second kappa shape index (κ2) is 4.25. The lowest BCUT2D eigenvalue weighted by atomic mass is 10.0. The van der Waals surface area contributed by atoms with E-state index in [1.165, 1.54) is 6.07 Å². The Morgan fingerprint density at radius 1 is 1.64 bits per heavy atom. The van der Waals surface area contributed by atoms with E-state index in [0.29, 0.717) is 0 Å². The second-order valence-corrected chi connectivity index (χ2v) is 3.61. The summed E-state index contributed by atoms with van der Waals surface area (Å²) in [5.74, 6) is -1.08. The fourth-order valence-corrected chi connectivity index (χ4v) is 1.78. The van der Waals surface area contributed by atoms with Gasteiger partial charge in [-0.25, -0.2) is 4.79 Å². The van der Waals surface area contributed by atoms with Crippen molar-refractivity contribution in [2.75, 3.05) is 0 Å². The number of hydrogen-bond acceptors (Lipinski definition) is 2. The first-order valence-electron chi connectivity index (χ1n) is 4.06. The summed E-state index contributed by atoms with van der Waals surface area (Å²) in [7, 11) is 0. The van der Waals surface area contributed by atoms with Crippen LogP contribution >= 0.6 is 15.9 Å². The maximum absolute atomic E-state index is 10.8. The summed E-state index contributed by atoms with van der Waals surface area (Å²) in [5.41, 5.74) is 1.18. The van der Waals surface area contributed by atoms with E-state index in [4.69, 9.17) is 10.4 Å². The molecule has 0 spiro atoms. The molecule has 1 aromatic carbocycles. The summed E-state index contributed by atoms with van der Waals surface area (Å²) in [5, 5.41) is 17.6. The molecule has 72 valence electrons. The largest absolute Gasteiger partial charge is 0.478 e. The number of aryl methyl sites for hydroxylation is 1. The normalized spacial score (nSPS) is 9.50. The Kier molecular flexibility index (Phi) is 3.26. The van der Waals surface area contributed by atoms with Crippen molar-refractivity contribution in [1.29, 1.82) is 5.26 Å². The van der Waals surface area contributed by atoms with E-state index in [-0.39, 0.29) is 11.1 Å². The van der Waals surface area contributed by atoms with E-state index < -0.39 is 5.97 Å². The van der Waals surface area contributed by atoms with E-state index in [9.17, 15) is 4.79 Å². The molecular weight excluding hydrogens is 246 g/mol. The number of carbonyl (C=O) groups is 1. The van der Waals surface area contributed by atoms with Gasteiger partial charge in [0.05, 0.1) is 11.1 Å². The van der Waals surface area contributed by atoms with Crippen molar-refractivity contribution >= 4 is 21.9 Å². The quantitative estimate of drug-likeness (QED) is 0.882. The Labute approximate surface area is 90.1 Å². The summed E-state index contributed by atoms with van der Waals surface area (Å²) in [6.07, 6.45) is 0.759. The Bertz CT molecular complexity index is 421. The van der Waals surface area contributed by atoms with Crippen LogP contribution in [0.15, 0.2) is 16.6 Å². The van der Waals surface area contributed by atoms with Crippen molar-refractivity contribution in [1.82, 2.24) is 0 Å². The highest BCUT2D eigenvalue weighted by atomic mass is 79.9. The number of benzene rings is 1. The number of carboxylic acid groups (broad SMARTS) is 1. The zero-order valence-corrected chi connectivity index (χ0v) is 9.13. The van der Waals surface area contributed by atoms with Crippen LogP contribution < -0.4 is 0 Å². The Balaban J connectivity index is 3.41. The number of nitrogens with zero attached hydrogens (tertiary/aromatic N) is 1. The van der Waals surface area contributed by atoms with Crippen LogP contribution in [0.5, 0.6) is 0 Å². The number of halogens is 1. The van der Waals surface area contributed by atoms with Gasteiger partial charge in [-0.2, -0.15) is 5.26 Å². The molecule has 14 heavy (non-hydrogen) atoms. The molecule has 3 nitrogen and oxygen atoms in total. The van der Waals surface area contributed by atoms with Crippen molar-refractivity contribution in [2.45, 2.75) is 13.3 Å². The van der Waals surface area contributed by atoms with Crippen molar-refractivity contribution in [2.24, 2.45) is 0 Å². The molecule has 1 aromatic rings. The van der Waals surface area contributed by atoms with Crippen LogP contribution in [0, 0.1) is 11.3 Å². The summed E-state index contributed by atoms with van der Waals surface area (Å²) in [4.78, 5) is 10.8. The molecule has 0 amide bonds. The molecule has 0 atom stereocenters. The van der Waals surface area contributed by atoms with E-state index in [1.807, 2.05) is 13.0 Å². The molecule has 0 heterocycles. The third kappa shape index (κ3) is 1.94. The second-order valence-electron chi connectivity index (χ2n) is 2.76. The lowest BCUT2D eigenvalue weighted by Gasteiger charge is -2.04. The summed E-state index contributed by atoms with van der Waals surface area (Å²) < 4.78 is 0.733. The van der Waals surface area contributed by atoms with Gasteiger partial charge in [-0.3, -0.25) is 0 Å². The van der Waals surface area contributed by atoms with E-state index in [0.717, 1.165) is 16.5 Å². The van der Waals surface area contributed by atoms with Gasteiger partial charge >= 0.3 is 5.97 Å². The smallest absolute Gasteiger partial charge is 0.337 e. The van der Waals surface area contributed by atoms with E-state index in [1.54, 1.807) is 6.07 Å². The minimum atomic E-state index is -1.08. The van der Waals surface area contributed by atoms with Gasteiger partial charge in [-0.05, 0) is 24.1 Å². The lowest BCUT2D eigenvalue weighted by Crippen LogP contribution is -2.01. The molecule has 0 aromatic heterocycles. The number of aromatic carboxylic acids is 1. The molecule has 4 heteroatoms. The molecule has 0 radical (unpaired) electrons. The molecule has 1 rings (SSSR count). The van der Waals surface area contributed by atoms with Crippen LogP contribution in [0.3, 0.4) is 0 Å². The van der Waals surface area contributed by atoms with E-state index in [2.05, 4.69) is 15.9 Å². The Morgan fingerprint density at radius 2 is 2.29 bits per heavy atom. The number of hydrogen-bond donors (Lipinski definition) is 1. The van der Waals surface area contributed by atoms with Gasteiger partial charge in [-0.15, -0.1) is 0 Å². The van der Waals surface area contributed by atoms with Gasteiger partial charge < -0.3 is 5.11 Å². The third-order valence-electron chi connectivity index (χ3n) is 1.92. The van der Waals surface area contributed by atoms with Crippen molar-refractivity contribution in [3.05, 3.63) is 33.3 Å². The lowest BCUT2D eigenvalue weighted by molar-refractivity contribution is 0.0696. The van der Waals surface area contributed by atoms with Gasteiger partial charge in [0.15, 0.2) is 0 Å². The standard InChI is InChI=1S/C10H8BrNO2/c1-2-6-3-7(5-12)8(10(13)14)4-9(6)11/h3-4H,2H2,1H3,(H,13,14). The van der Waals surface area contributed by atoms with E-state index >= 15 is 0 Å². The van der Waals surface area contributed by atoms with Gasteiger partial charge in [0.2, 0.25) is 0 Å². The highest BCUT2D eigenvalue weighted by Gasteiger charge is 2.12. The van der Waals surface area contributed by atoms with Gasteiger partial charge in [-0.1, -0.05) is 22.9 Å². The van der Waals surface area contributed by atoms with Crippen LogP contribution in [0.25, 0.3) is 0 Å². The first kappa shape index (κ1) is 10.7. The Hall–Kier alpha value is -1.34. The van der Waals surface area contributed by atoms with Crippen LogP contribution in [-0.2, 0) is 6.42 Å². The fraction of sp³-hybridized carbons (Fsp3) is 0.200. The van der Waals surface area contributed by atoms with Gasteiger partial charge in [0.1, 0.15) is 6.07 Å². The van der Waals surface area contributed by atoms with Crippen LogP contribution in [0.2, 0.25) is 0 Å². The highest BCUT2D eigenvalue weighted by Crippen LogP contribution is 2.22. The summed E-state index contributed by atoms with van der Waals surface area (Å²) >= 11 is 3.27. The molecule has 0 aliphatic heterocycles. The monoisotopic (exact) mass is 253 g/mol. The molecule has 0 bridgehead atoms. The maximum atomic E-state index is 10.8. The predicted molar refractivity (Wildman–Crippen MR) is 55.2 cm³/mol. The molecule has 0 saturated heterocycles. The minimum Gasteiger partial charge on any atom is -0.478 e. The fourth-order valence-electron chi connectivity index (χ4n) is 1.16. The van der Waals surface area contributed by atoms with Crippen molar-refractivity contribution < 1.29 is 9.90 Å². The van der Waals surface area contributed by atoms with Crippen molar-refractivity contribution in [3.63, 3.8) is 0 Å². The molecular formula is C10H8BrNO2. The third-order valence-corrected chi connectivity index (χ3v) is 2.66. The average Bonchev–Trinajstić information content (AvgIpc) is 2.17. The van der Waals surface area contributed by atoms with Crippen molar-refractivity contribution in [3.8, 4) is 6.07 Å². The summed E-state index contributed by atoms with van der Waals surface area (Å²) in [6.45, 7) is 1.95. The zero-order chi connectivity index (χ0) is 10.7. The summed E-state index contributed by atoms with van der Waals surface area (Å²) in [6, 6.07) is 4.95. The molecule has 1 N–H and O–H groups in total. The SMILES string of the molecule is CCc1cc(C#N)c(C(=O)O)cc1Br. The molecule has 0 fully saturated rings. The molecule has 0 aliphatic carbocycles. The van der Waals surface area contributed by atoms with Gasteiger partial charge in [0, 0.05) is 4.47 Å². The molecule has 0 unspecified atom stereocenters.